The van der Waals surface area contributed by atoms with E-state index in [9.17, 15) is 4.79 Å². The zero-order valence-corrected chi connectivity index (χ0v) is 20.7. The molecule has 9 nitrogen and oxygen atoms in total. The maximum absolute atomic E-state index is 12.8. The molecule has 0 aliphatic heterocycles. The summed E-state index contributed by atoms with van der Waals surface area (Å²) < 4.78 is 6.91. The fraction of sp³-hybridized carbons (Fsp3) is 0.346. The minimum absolute atomic E-state index is 0.359. The van der Waals surface area contributed by atoms with E-state index in [2.05, 4.69) is 51.8 Å². The van der Waals surface area contributed by atoms with Crippen LogP contribution in [0.1, 0.15) is 47.1 Å². The van der Waals surface area contributed by atoms with Crippen LogP contribution in [0.3, 0.4) is 0 Å². The molecule has 35 heavy (non-hydrogen) atoms. The Morgan fingerprint density at radius 1 is 1.09 bits per heavy atom. The maximum atomic E-state index is 12.8. The average Bonchev–Trinajstić information content (AvgIpc) is 3.51. The molecule has 9 heteroatoms. The van der Waals surface area contributed by atoms with E-state index in [-0.39, 0.29) is 5.97 Å². The van der Waals surface area contributed by atoms with Crippen molar-refractivity contribution in [3.8, 4) is 22.5 Å². The van der Waals surface area contributed by atoms with Crippen molar-refractivity contribution in [3.05, 3.63) is 71.0 Å². The molecule has 0 unspecified atom stereocenters. The Morgan fingerprint density at radius 3 is 2.46 bits per heavy atom. The van der Waals surface area contributed by atoms with Crippen molar-refractivity contribution >= 4 is 5.97 Å². The Hall–Kier alpha value is -3.85. The number of esters is 1. The first-order valence-electron chi connectivity index (χ1n) is 11.8. The third-order valence-electron chi connectivity index (χ3n) is 5.86. The van der Waals surface area contributed by atoms with Crippen molar-refractivity contribution in [1.82, 2.24) is 35.3 Å². The summed E-state index contributed by atoms with van der Waals surface area (Å²) in [5.41, 5.74) is 6.51. The van der Waals surface area contributed by atoms with Crippen molar-refractivity contribution in [2.45, 2.75) is 39.3 Å². The van der Waals surface area contributed by atoms with Crippen molar-refractivity contribution in [2.75, 3.05) is 21.2 Å². The zero-order valence-electron chi connectivity index (χ0n) is 20.7. The number of hydrogen-bond acceptors (Lipinski definition) is 7. The number of carbonyl (C=O) groups excluding carboxylic acids is 1. The summed E-state index contributed by atoms with van der Waals surface area (Å²) in [5, 5.41) is 19.3. The van der Waals surface area contributed by atoms with Gasteiger partial charge in [0, 0.05) is 17.5 Å². The highest BCUT2D eigenvalue weighted by molar-refractivity contribution is 5.89. The molecule has 0 aliphatic carbocycles. The summed E-state index contributed by atoms with van der Waals surface area (Å²) in [4.78, 5) is 14.8. The number of nitrogens with zero attached hydrogens (tertiary/aromatic N) is 6. The van der Waals surface area contributed by atoms with Gasteiger partial charge in [0.15, 0.2) is 5.69 Å². The van der Waals surface area contributed by atoms with Gasteiger partial charge in [0.1, 0.15) is 0 Å². The number of hydrogen-bond donors (Lipinski definition) is 1. The lowest BCUT2D eigenvalue weighted by Gasteiger charge is -2.13. The van der Waals surface area contributed by atoms with Gasteiger partial charge in [0.05, 0.1) is 19.5 Å². The number of rotatable bonds is 10. The number of nitrogens with one attached hydrogen (secondary N) is 1. The molecule has 0 atom stereocenters. The SMILES string of the molecule is CCCCc1nn(CN(C)C)c(C(=O)OC)c1Cc1ccc(-c2ccccc2-c2nn[nH]n2)cc1. The van der Waals surface area contributed by atoms with Gasteiger partial charge in [-0.1, -0.05) is 61.9 Å². The average molecular weight is 474 g/mol. The third kappa shape index (κ3) is 5.46. The monoisotopic (exact) mass is 473 g/mol. The van der Waals surface area contributed by atoms with Crippen molar-refractivity contribution < 1.29 is 9.53 Å². The van der Waals surface area contributed by atoms with Gasteiger partial charge in [0.2, 0.25) is 5.82 Å². The van der Waals surface area contributed by atoms with Gasteiger partial charge in [-0.15, -0.1) is 10.2 Å². The molecule has 0 saturated carbocycles. The van der Waals surface area contributed by atoms with Crippen LogP contribution in [0.25, 0.3) is 22.5 Å². The number of benzene rings is 2. The number of carbonyl (C=O) groups is 1. The predicted octanol–water partition coefficient (Wildman–Crippen LogP) is 3.97. The molecular formula is C26H31N7O2. The first kappa shape index (κ1) is 24.3. The fourth-order valence-electron chi connectivity index (χ4n) is 4.19. The second kappa shape index (κ2) is 11.1. The molecule has 0 bridgehead atoms. The summed E-state index contributed by atoms with van der Waals surface area (Å²) in [7, 11) is 5.33. The first-order chi connectivity index (χ1) is 17.0. The summed E-state index contributed by atoms with van der Waals surface area (Å²) >= 11 is 0. The predicted molar refractivity (Wildman–Crippen MR) is 134 cm³/mol. The van der Waals surface area contributed by atoms with E-state index in [4.69, 9.17) is 9.84 Å². The molecule has 0 aliphatic rings. The molecule has 4 aromatic rings. The van der Waals surface area contributed by atoms with Gasteiger partial charge in [-0.25, -0.2) is 9.48 Å². The van der Waals surface area contributed by atoms with E-state index in [1.54, 1.807) is 4.68 Å². The van der Waals surface area contributed by atoms with Gasteiger partial charge < -0.3 is 4.74 Å². The number of tetrazole rings is 1. The second-order valence-corrected chi connectivity index (χ2v) is 8.74. The molecule has 2 aromatic carbocycles. The Bertz CT molecular complexity index is 1260. The molecule has 0 amide bonds. The van der Waals surface area contributed by atoms with E-state index in [0.29, 0.717) is 24.6 Å². The number of aromatic nitrogens is 6. The van der Waals surface area contributed by atoms with Crippen LogP contribution in [0.2, 0.25) is 0 Å². The van der Waals surface area contributed by atoms with Crippen molar-refractivity contribution in [2.24, 2.45) is 0 Å². The lowest BCUT2D eigenvalue weighted by molar-refractivity contribution is 0.0581. The van der Waals surface area contributed by atoms with E-state index in [1.807, 2.05) is 43.3 Å². The summed E-state index contributed by atoms with van der Waals surface area (Å²) in [6.45, 7) is 2.66. The first-order valence-corrected chi connectivity index (χ1v) is 11.8. The Kier molecular flexibility index (Phi) is 7.67. The number of ether oxygens (including phenoxy) is 1. The normalized spacial score (nSPS) is 11.2. The van der Waals surface area contributed by atoms with E-state index in [1.165, 1.54) is 7.11 Å². The molecule has 0 fully saturated rings. The van der Waals surface area contributed by atoms with Gasteiger partial charge in [0.25, 0.3) is 0 Å². The van der Waals surface area contributed by atoms with Crippen molar-refractivity contribution in [3.63, 3.8) is 0 Å². The molecule has 0 saturated heterocycles. The summed E-state index contributed by atoms with van der Waals surface area (Å²) in [5.74, 6) is 0.198. The quantitative estimate of drug-likeness (QED) is 0.348. The Labute approximate surface area is 205 Å². The van der Waals surface area contributed by atoms with Gasteiger partial charge >= 0.3 is 5.97 Å². The lowest BCUT2D eigenvalue weighted by Crippen LogP contribution is -2.22. The number of aromatic amines is 1. The zero-order chi connectivity index (χ0) is 24.8. The van der Waals surface area contributed by atoms with Crippen LogP contribution in [0.4, 0.5) is 0 Å². The second-order valence-electron chi connectivity index (χ2n) is 8.74. The smallest absolute Gasteiger partial charge is 0.356 e. The molecule has 1 N–H and O–H groups in total. The highest BCUT2D eigenvalue weighted by Gasteiger charge is 2.24. The Balaban J connectivity index is 1.68. The molecule has 0 spiro atoms. The van der Waals surface area contributed by atoms with Crippen LogP contribution >= 0.6 is 0 Å². The standard InChI is InChI=1S/C26H31N7O2/c1-5-6-11-23-22(24(26(34)35-4)33(29-23)17-32(2)3)16-18-12-14-19(15-13-18)20-9-7-8-10-21(20)25-27-30-31-28-25/h7-10,12-15H,5-6,11,16-17H2,1-4H3,(H,27,28,30,31). The Morgan fingerprint density at radius 2 is 1.83 bits per heavy atom. The van der Waals surface area contributed by atoms with Crippen LogP contribution in [0.5, 0.6) is 0 Å². The highest BCUT2D eigenvalue weighted by Crippen LogP contribution is 2.30. The molecule has 4 rings (SSSR count). The van der Waals surface area contributed by atoms with Crippen LogP contribution in [0, 0.1) is 0 Å². The van der Waals surface area contributed by atoms with Crippen LogP contribution in [-0.4, -0.2) is 62.5 Å². The molecule has 2 aromatic heterocycles. The van der Waals surface area contributed by atoms with Crippen LogP contribution in [-0.2, 0) is 24.2 Å². The molecule has 2 heterocycles. The summed E-state index contributed by atoms with van der Waals surface area (Å²) in [6, 6.07) is 16.3. The third-order valence-corrected chi connectivity index (χ3v) is 5.86. The van der Waals surface area contributed by atoms with Gasteiger partial charge in [-0.3, -0.25) is 4.90 Å². The minimum Gasteiger partial charge on any atom is -0.464 e. The van der Waals surface area contributed by atoms with E-state index in [0.717, 1.165) is 52.8 Å². The number of unbranched alkanes of at least 4 members (excludes halogenated alkanes) is 1. The number of H-pyrrole nitrogens is 1. The topological polar surface area (TPSA) is 102 Å². The van der Waals surface area contributed by atoms with Crippen molar-refractivity contribution in [1.29, 1.82) is 0 Å². The number of methoxy groups -OCH3 is 1. The fourth-order valence-corrected chi connectivity index (χ4v) is 4.19. The minimum atomic E-state index is -0.359. The van der Waals surface area contributed by atoms with E-state index < -0.39 is 0 Å². The van der Waals surface area contributed by atoms with Crippen LogP contribution in [0.15, 0.2) is 48.5 Å². The lowest BCUT2D eigenvalue weighted by atomic mass is 9.95. The molecule has 0 radical (unpaired) electrons. The van der Waals surface area contributed by atoms with Gasteiger partial charge in [-0.2, -0.15) is 10.3 Å². The highest BCUT2D eigenvalue weighted by atomic mass is 16.5. The van der Waals surface area contributed by atoms with Gasteiger partial charge in [-0.05, 0) is 48.8 Å². The number of aryl methyl sites for hydroxylation is 1. The summed E-state index contributed by atoms with van der Waals surface area (Å²) in [6.07, 6.45) is 3.50. The molecular weight excluding hydrogens is 442 g/mol. The largest absolute Gasteiger partial charge is 0.464 e. The maximum Gasteiger partial charge on any atom is 0.356 e. The van der Waals surface area contributed by atoms with E-state index >= 15 is 0 Å². The van der Waals surface area contributed by atoms with Crippen LogP contribution < -0.4 is 0 Å². The molecule has 182 valence electrons.